The number of anilines is 6. The minimum absolute atomic E-state index is 0.240. The van der Waals surface area contributed by atoms with Crippen LogP contribution in [0.1, 0.15) is 0 Å². The molecule has 0 aliphatic rings. The van der Waals surface area contributed by atoms with Crippen LogP contribution in [0.3, 0.4) is 0 Å². The van der Waals surface area contributed by atoms with Crippen molar-refractivity contribution in [2.75, 3.05) is 9.80 Å². The van der Waals surface area contributed by atoms with E-state index in [4.69, 9.17) is 8.83 Å². The molecule has 0 radical (unpaired) electrons. The highest BCUT2D eigenvalue weighted by Gasteiger charge is 2.22. The van der Waals surface area contributed by atoms with Crippen molar-refractivity contribution in [1.29, 1.82) is 0 Å². The molecule has 0 spiro atoms. The van der Waals surface area contributed by atoms with Crippen molar-refractivity contribution in [2.45, 2.75) is 0 Å². The molecule has 0 saturated carbocycles. The number of fused-ring (bicyclic) bond motifs is 16. The maximum absolute atomic E-state index is 13.8. The summed E-state index contributed by atoms with van der Waals surface area (Å²) >= 11 is 3.59. The quantitative estimate of drug-likeness (QED) is 0.129. The van der Waals surface area contributed by atoms with Crippen molar-refractivity contribution in [3.63, 3.8) is 0 Å². The summed E-state index contributed by atoms with van der Waals surface area (Å²) in [5, 5.41) is 9.46. The molecule has 0 aliphatic carbocycles. The lowest BCUT2D eigenvalue weighted by Crippen LogP contribution is -2.09. The molecule has 0 saturated heterocycles. The first kappa shape index (κ1) is 60.0. The van der Waals surface area contributed by atoms with Crippen LogP contribution >= 0.6 is 22.7 Å². The molecule has 21 aromatic rings. The van der Waals surface area contributed by atoms with Crippen molar-refractivity contribution >= 4 is 163 Å². The predicted octanol–water partition coefficient (Wildman–Crippen LogP) is 27.9. The number of halogens is 1. The van der Waals surface area contributed by atoms with Crippen molar-refractivity contribution in [3.05, 3.63) is 364 Å². The number of hydrogen-bond acceptors (Lipinski definition) is 6. The Morgan fingerprint density at radius 3 is 1.17 bits per heavy atom. The molecule has 9 heteroatoms. The summed E-state index contributed by atoms with van der Waals surface area (Å²) in [5.41, 5.74) is 23.8. The van der Waals surface area contributed by atoms with Gasteiger partial charge in [-0.3, -0.25) is 0 Å². The fourth-order valence-electron chi connectivity index (χ4n) is 15.2. The Kier molecular flexibility index (Phi) is 14.4. The zero-order valence-corrected chi connectivity index (χ0v) is 57.0. The van der Waals surface area contributed by atoms with Gasteiger partial charge in [0.15, 0.2) is 11.2 Å². The molecular weight excluding hydrogens is 1300 g/mol. The van der Waals surface area contributed by atoms with Crippen LogP contribution in [0.15, 0.2) is 367 Å². The Bertz CT molecular complexity index is 6810. The molecule has 0 amide bonds. The van der Waals surface area contributed by atoms with Gasteiger partial charge in [-0.15, -0.1) is 22.7 Å². The Morgan fingerprint density at radius 1 is 0.243 bits per heavy atom. The normalized spacial score (nSPS) is 11.7. The van der Waals surface area contributed by atoms with Crippen LogP contribution in [0.25, 0.3) is 151 Å². The first-order valence-electron chi connectivity index (χ1n) is 34.5. The third-order valence-corrected chi connectivity index (χ3v) is 22.4. The molecular formula is C94H59FN4O2S2. The van der Waals surface area contributed by atoms with Crippen LogP contribution in [0.4, 0.5) is 38.5 Å². The Balaban J connectivity index is 0.000000139. The molecule has 0 N–H and O–H groups in total. The second kappa shape index (κ2) is 24.7. The van der Waals surface area contributed by atoms with E-state index in [9.17, 15) is 4.39 Å². The second-order valence-corrected chi connectivity index (χ2v) is 28.2. The molecule has 0 unspecified atom stereocenters. The Morgan fingerprint density at radius 2 is 0.612 bits per heavy atom. The van der Waals surface area contributed by atoms with Gasteiger partial charge < -0.3 is 27.8 Å². The van der Waals surface area contributed by atoms with Crippen LogP contribution in [0, 0.1) is 5.82 Å². The lowest BCUT2D eigenvalue weighted by atomic mass is 10.0. The molecule has 486 valence electrons. The smallest absolute Gasteiger partial charge is 0.154 e. The van der Waals surface area contributed by atoms with Gasteiger partial charge in [-0.2, -0.15) is 0 Å². The van der Waals surface area contributed by atoms with E-state index in [1.807, 2.05) is 12.1 Å². The van der Waals surface area contributed by atoms with E-state index < -0.39 is 0 Å². The second-order valence-electron chi connectivity index (χ2n) is 26.1. The van der Waals surface area contributed by atoms with E-state index in [0.29, 0.717) is 0 Å². The third-order valence-electron chi connectivity index (χ3n) is 20.0. The van der Waals surface area contributed by atoms with Crippen LogP contribution in [0.2, 0.25) is 0 Å². The van der Waals surface area contributed by atoms with E-state index in [1.54, 1.807) is 22.7 Å². The zero-order valence-electron chi connectivity index (χ0n) is 55.4. The van der Waals surface area contributed by atoms with Crippen LogP contribution in [0.5, 0.6) is 0 Å². The standard InChI is InChI=1S/C50H31FN2OS.C44H28N2OS/c51-36-20-26-40(27-21-36)53-45-12-6-4-10-41(45)44-30-34(19-29-46(44)53)32-14-22-38(23-15-32)52(37-8-2-1-3-9-37)39-24-16-33(17-25-39)35-18-28-42-47(31-35)54-49-43-11-5-7-13-48(43)55-50(42)49;1-3-13-31(14-4-1)45(34-23-25-40-38(28-34)35-18-7-9-20-39(35)46(40)32-15-5-2-6-16-32)33-17-11-12-29(26-33)30-22-24-36-41(27-30)47-43-37-19-8-10-21-42(37)48-44(36)43/h1-31H;1-28H. The fraction of sp³-hybridized carbons (Fsp3) is 0. The highest BCUT2D eigenvalue weighted by Crippen LogP contribution is 2.47. The van der Waals surface area contributed by atoms with E-state index >= 15 is 0 Å². The van der Waals surface area contributed by atoms with Gasteiger partial charge in [0.1, 0.15) is 17.0 Å². The third kappa shape index (κ3) is 10.3. The van der Waals surface area contributed by atoms with Crippen molar-refractivity contribution in [3.8, 4) is 44.8 Å². The number of furan rings is 2. The molecule has 21 rings (SSSR count). The Labute approximate surface area is 599 Å². The highest BCUT2D eigenvalue weighted by atomic mass is 32.1. The maximum atomic E-state index is 13.8. The van der Waals surface area contributed by atoms with E-state index in [2.05, 4.69) is 353 Å². The average Bonchev–Trinajstić information content (AvgIpc) is 1.63. The Hall–Kier alpha value is -13.1. The number of thiophene rings is 2. The molecule has 6 heterocycles. The summed E-state index contributed by atoms with van der Waals surface area (Å²) < 4.78 is 36.3. The molecule has 0 aliphatic heterocycles. The monoisotopic (exact) mass is 1360 g/mol. The van der Waals surface area contributed by atoms with Crippen molar-refractivity contribution in [1.82, 2.24) is 9.13 Å². The first-order valence-corrected chi connectivity index (χ1v) is 36.2. The van der Waals surface area contributed by atoms with E-state index in [-0.39, 0.29) is 5.82 Å². The molecule has 6 nitrogen and oxygen atoms in total. The summed E-state index contributed by atoms with van der Waals surface area (Å²) in [6, 6.07) is 125. The summed E-state index contributed by atoms with van der Waals surface area (Å²) in [6.45, 7) is 0. The summed E-state index contributed by atoms with van der Waals surface area (Å²) in [7, 11) is 0. The molecule has 15 aromatic carbocycles. The number of nitrogens with zero attached hydrogens (tertiary/aromatic N) is 4. The topological polar surface area (TPSA) is 42.6 Å². The van der Waals surface area contributed by atoms with Gasteiger partial charge >= 0.3 is 0 Å². The van der Waals surface area contributed by atoms with Crippen molar-refractivity contribution in [2.24, 2.45) is 0 Å². The minimum Gasteiger partial charge on any atom is -0.454 e. The first-order chi connectivity index (χ1) is 51.0. The van der Waals surface area contributed by atoms with E-state index in [0.717, 1.165) is 128 Å². The largest absolute Gasteiger partial charge is 0.454 e. The van der Waals surface area contributed by atoms with Crippen LogP contribution in [-0.4, -0.2) is 9.13 Å². The summed E-state index contributed by atoms with van der Waals surface area (Å²) in [6.07, 6.45) is 0. The van der Waals surface area contributed by atoms with Crippen LogP contribution in [-0.2, 0) is 0 Å². The summed E-state index contributed by atoms with van der Waals surface area (Å²) in [4.78, 5) is 4.65. The number of aromatic nitrogens is 2. The van der Waals surface area contributed by atoms with Gasteiger partial charge in [0.25, 0.3) is 0 Å². The number of rotatable bonds is 11. The molecule has 0 bridgehead atoms. The number of hydrogen-bond donors (Lipinski definition) is 0. The summed E-state index contributed by atoms with van der Waals surface area (Å²) in [5.74, 6) is -0.240. The van der Waals surface area contributed by atoms with E-state index in [1.165, 1.54) is 68.9 Å². The lowest BCUT2D eigenvalue weighted by Gasteiger charge is -2.26. The average molecular weight is 1360 g/mol. The van der Waals surface area contributed by atoms with Gasteiger partial charge in [0.2, 0.25) is 0 Å². The van der Waals surface area contributed by atoms with Gasteiger partial charge in [-0.1, -0.05) is 170 Å². The van der Waals surface area contributed by atoms with Crippen LogP contribution < -0.4 is 9.80 Å². The predicted molar refractivity (Wildman–Crippen MR) is 433 cm³/mol. The van der Waals surface area contributed by atoms with Gasteiger partial charge in [-0.05, 0) is 221 Å². The van der Waals surface area contributed by atoms with Gasteiger partial charge in [0, 0.05) is 98.0 Å². The lowest BCUT2D eigenvalue weighted by molar-refractivity contribution is 0.627. The zero-order chi connectivity index (χ0) is 68.1. The molecule has 0 atom stereocenters. The fourth-order valence-corrected chi connectivity index (χ4v) is 17.5. The molecule has 6 aromatic heterocycles. The van der Waals surface area contributed by atoms with Gasteiger partial charge in [-0.25, -0.2) is 4.39 Å². The number of para-hydroxylation sites is 5. The SMILES string of the molecule is Fc1ccc(-n2c3ccccc3c3cc(-c4ccc(N(c5ccccc5)c5ccc(-c6ccc7c(c6)oc6c8ccccc8sc76)cc5)cc4)ccc32)cc1.c1ccc(N(c2cccc(-c3ccc4c(c3)oc3c5ccccc5sc43)c2)c2ccc3c(c2)c2ccccc2n3-c2ccccc2)cc1. The minimum atomic E-state index is -0.240. The molecule has 0 fully saturated rings. The number of benzene rings is 15. The maximum Gasteiger partial charge on any atom is 0.154 e. The highest BCUT2D eigenvalue weighted by molar-refractivity contribution is 7.27. The molecule has 103 heavy (non-hydrogen) atoms. The van der Waals surface area contributed by atoms with Gasteiger partial charge in [0.05, 0.1) is 31.5 Å². The van der Waals surface area contributed by atoms with Crippen molar-refractivity contribution < 1.29 is 13.2 Å².